The smallest absolute Gasteiger partial charge is 0.416 e. The van der Waals surface area contributed by atoms with Crippen LogP contribution in [0.1, 0.15) is 70.7 Å². The van der Waals surface area contributed by atoms with Crippen molar-refractivity contribution in [1.29, 1.82) is 0 Å². The number of aryl methyl sites for hydroxylation is 2. The van der Waals surface area contributed by atoms with Crippen LogP contribution in [-0.4, -0.2) is 68.9 Å². The van der Waals surface area contributed by atoms with Gasteiger partial charge in [-0.3, -0.25) is 9.69 Å². The van der Waals surface area contributed by atoms with Crippen LogP contribution in [0.25, 0.3) is 0 Å². The molecule has 1 N–H and O–H groups in total. The number of carbonyl (C=O) groups is 1. The van der Waals surface area contributed by atoms with Crippen molar-refractivity contribution in [2.45, 2.75) is 70.6 Å². The molecule has 1 aromatic heterocycles. The van der Waals surface area contributed by atoms with Crippen LogP contribution in [0, 0.1) is 19.8 Å². The van der Waals surface area contributed by atoms with Gasteiger partial charge in [-0.1, -0.05) is 11.2 Å². The summed E-state index contributed by atoms with van der Waals surface area (Å²) in [5, 5.41) is 21.2. The first-order valence-electron chi connectivity index (χ1n) is 15.9. The van der Waals surface area contributed by atoms with E-state index in [4.69, 9.17) is 5.11 Å². The van der Waals surface area contributed by atoms with Gasteiger partial charge in [0.15, 0.2) is 0 Å². The summed E-state index contributed by atoms with van der Waals surface area (Å²) in [5.74, 6) is -1.04. The molecular formula is C32H36F9N7O2. The Bertz CT molecular complexity index is 1700. The zero-order valence-electron chi connectivity index (χ0n) is 27.4. The molecule has 0 spiro atoms. The van der Waals surface area contributed by atoms with Crippen molar-refractivity contribution in [3.63, 3.8) is 0 Å². The van der Waals surface area contributed by atoms with E-state index < -0.39 is 59.3 Å². The Balaban J connectivity index is 1.60. The van der Waals surface area contributed by atoms with Gasteiger partial charge in [-0.2, -0.15) is 44.3 Å². The number of aromatic nitrogens is 4. The van der Waals surface area contributed by atoms with E-state index >= 15 is 0 Å². The monoisotopic (exact) mass is 721 g/mol. The Morgan fingerprint density at radius 3 is 2.12 bits per heavy atom. The number of nitrogens with zero attached hydrogens (tertiary/aromatic N) is 7. The van der Waals surface area contributed by atoms with Gasteiger partial charge < -0.3 is 14.9 Å². The Hall–Kier alpha value is -4.09. The Morgan fingerprint density at radius 1 is 0.900 bits per heavy atom. The predicted octanol–water partition coefficient (Wildman–Crippen LogP) is 7.03. The van der Waals surface area contributed by atoms with Crippen molar-refractivity contribution < 1.29 is 49.4 Å². The first-order valence-corrected chi connectivity index (χ1v) is 15.9. The maximum Gasteiger partial charge on any atom is 0.416 e. The Kier molecular flexibility index (Phi) is 10.3. The molecule has 0 unspecified atom stereocenters. The number of likely N-dealkylation sites (tertiary alicyclic amines) is 1. The highest BCUT2D eigenvalue weighted by Crippen LogP contribution is 2.45. The van der Waals surface area contributed by atoms with Crippen LogP contribution in [0.4, 0.5) is 51.1 Å². The first-order chi connectivity index (χ1) is 23.2. The van der Waals surface area contributed by atoms with Gasteiger partial charge in [-0.05, 0) is 104 Å². The summed E-state index contributed by atoms with van der Waals surface area (Å²) in [6.45, 7) is 3.42. The number of rotatable bonds is 8. The minimum Gasteiger partial charge on any atom is -0.480 e. The summed E-state index contributed by atoms with van der Waals surface area (Å²) in [7, 11) is 1.43. The SMILES string of the molecule is Cc1cc2c(cc1C(F)(F)F)N(CC1CCN(CC(=O)O)CC1)CCC[C@@H]2N(Cc1cc(C(F)(F)F)cc(C(F)(F)F)c1C)c1nnn(C)n1. The largest absolute Gasteiger partial charge is 0.480 e. The van der Waals surface area contributed by atoms with Crippen LogP contribution >= 0.6 is 0 Å². The zero-order chi connectivity index (χ0) is 36.8. The van der Waals surface area contributed by atoms with E-state index in [2.05, 4.69) is 15.4 Å². The van der Waals surface area contributed by atoms with Crippen LogP contribution < -0.4 is 9.80 Å². The topological polar surface area (TPSA) is 90.6 Å². The van der Waals surface area contributed by atoms with E-state index in [9.17, 15) is 44.3 Å². The van der Waals surface area contributed by atoms with E-state index in [-0.39, 0.29) is 47.7 Å². The molecule has 0 radical (unpaired) electrons. The van der Waals surface area contributed by atoms with Crippen molar-refractivity contribution in [3.8, 4) is 0 Å². The van der Waals surface area contributed by atoms with Crippen molar-refractivity contribution in [2.75, 3.05) is 42.5 Å². The third kappa shape index (κ3) is 8.26. The normalized spacial score (nSPS) is 18.2. The third-order valence-electron chi connectivity index (χ3n) is 9.45. The van der Waals surface area contributed by atoms with Crippen LogP contribution in [0.2, 0.25) is 0 Å². The number of halogens is 9. The van der Waals surface area contributed by atoms with Crippen molar-refractivity contribution in [2.24, 2.45) is 13.0 Å². The average Bonchev–Trinajstić information content (AvgIpc) is 3.35. The molecule has 2 aromatic carbocycles. The molecule has 1 atom stereocenters. The molecule has 2 aliphatic heterocycles. The molecule has 1 saturated heterocycles. The highest BCUT2D eigenvalue weighted by Gasteiger charge is 2.41. The second kappa shape index (κ2) is 13.9. The molecule has 2 aliphatic rings. The molecule has 0 aliphatic carbocycles. The molecule has 18 heteroatoms. The van der Waals surface area contributed by atoms with Gasteiger partial charge in [-0.15, -0.1) is 5.10 Å². The maximum absolute atomic E-state index is 14.3. The quantitative estimate of drug-likeness (QED) is 0.248. The molecule has 3 heterocycles. The third-order valence-corrected chi connectivity index (χ3v) is 9.45. The molecular weight excluding hydrogens is 685 g/mol. The second-order valence-electron chi connectivity index (χ2n) is 13.0. The summed E-state index contributed by atoms with van der Waals surface area (Å²) in [4.78, 5) is 17.3. The molecule has 0 amide bonds. The van der Waals surface area contributed by atoms with Crippen LogP contribution in [0.15, 0.2) is 24.3 Å². The van der Waals surface area contributed by atoms with E-state index in [1.54, 1.807) is 4.90 Å². The maximum atomic E-state index is 14.3. The standard InChI is InChI=1S/C32H36F9N7O2/c1-18-11-23-26(5-4-8-47(27(23)14-24(18)31(36,37)38)15-20-6-9-46(10-7-20)17-28(49)50)48(29-42-44-45(3)43-29)16-21-12-22(30(33,34)35)13-25(19(21)2)32(39,40)41/h11-14,20,26H,4-10,15-17H2,1-3H3,(H,49,50)/t26-/m0/s1. The predicted molar refractivity (Wildman–Crippen MR) is 163 cm³/mol. The molecule has 3 aromatic rings. The van der Waals surface area contributed by atoms with Crippen molar-refractivity contribution >= 4 is 17.6 Å². The fourth-order valence-corrected chi connectivity index (χ4v) is 6.95. The lowest BCUT2D eigenvalue weighted by Crippen LogP contribution is -2.41. The lowest BCUT2D eigenvalue weighted by atomic mass is 9.92. The number of piperidine rings is 1. The molecule has 0 bridgehead atoms. The number of fused-ring (bicyclic) bond motifs is 1. The number of benzene rings is 2. The van der Waals surface area contributed by atoms with Gasteiger partial charge in [0.1, 0.15) is 0 Å². The van der Waals surface area contributed by atoms with Gasteiger partial charge in [0.2, 0.25) is 0 Å². The fourth-order valence-electron chi connectivity index (χ4n) is 6.95. The van der Waals surface area contributed by atoms with Gasteiger partial charge >= 0.3 is 24.5 Å². The van der Waals surface area contributed by atoms with Gasteiger partial charge in [-0.25, -0.2) is 0 Å². The molecule has 9 nitrogen and oxygen atoms in total. The highest BCUT2D eigenvalue weighted by atomic mass is 19.4. The first kappa shape index (κ1) is 37.2. The summed E-state index contributed by atoms with van der Waals surface area (Å²) in [5.41, 5.74) is -4.04. The van der Waals surface area contributed by atoms with E-state index in [1.165, 1.54) is 24.9 Å². The van der Waals surface area contributed by atoms with Crippen molar-refractivity contribution in [1.82, 2.24) is 25.1 Å². The van der Waals surface area contributed by atoms with Gasteiger partial charge in [0, 0.05) is 25.3 Å². The van der Waals surface area contributed by atoms with E-state index in [0.29, 0.717) is 57.1 Å². The minimum absolute atomic E-state index is 0.0337. The molecule has 1 fully saturated rings. The molecule has 274 valence electrons. The summed E-state index contributed by atoms with van der Waals surface area (Å²) in [6.07, 6.45) is -13.0. The highest BCUT2D eigenvalue weighted by molar-refractivity contribution is 5.69. The van der Waals surface area contributed by atoms with E-state index in [1.807, 2.05) is 4.90 Å². The fraction of sp³-hybridized carbons (Fsp3) is 0.562. The van der Waals surface area contributed by atoms with Gasteiger partial charge in [0.05, 0.1) is 36.3 Å². The Labute approximate surface area is 281 Å². The average molecular weight is 722 g/mol. The number of carboxylic acids is 1. The minimum atomic E-state index is -5.10. The molecule has 50 heavy (non-hydrogen) atoms. The molecule has 0 saturated carbocycles. The summed E-state index contributed by atoms with van der Waals surface area (Å²) in [6, 6.07) is 2.28. The lowest BCUT2D eigenvalue weighted by molar-refractivity contribution is -0.143. The summed E-state index contributed by atoms with van der Waals surface area (Å²) >= 11 is 0. The van der Waals surface area contributed by atoms with Crippen LogP contribution in [0.3, 0.4) is 0 Å². The van der Waals surface area contributed by atoms with Gasteiger partial charge in [0.25, 0.3) is 5.95 Å². The lowest BCUT2D eigenvalue weighted by Gasteiger charge is -2.36. The number of alkyl halides is 9. The Morgan fingerprint density at radius 2 is 1.56 bits per heavy atom. The number of hydrogen-bond acceptors (Lipinski definition) is 7. The number of carboxylic acid groups (broad SMARTS) is 1. The van der Waals surface area contributed by atoms with Crippen LogP contribution in [0.5, 0.6) is 0 Å². The number of aliphatic carboxylic acids is 1. The van der Waals surface area contributed by atoms with E-state index in [0.717, 1.165) is 17.8 Å². The summed E-state index contributed by atoms with van der Waals surface area (Å²) < 4.78 is 127. The second-order valence-corrected chi connectivity index (χ2v) is 13.0. The molecule has 5 rings (SSSR count). The number of hydrogen-bond donors (Lipinski definition) is 1. The number of anilines is 2. The zero-order valence-corrected chi connectivity index (χ0v) is 27.4. The van der Waals surface area contributed by atoms with Crippen LogP contribution in [-0.2, 0) is 36.9 Å². The van der Waals surface area contributed by atoms with Crippen molar-refractivity contribution in [3.05, 3.63) is 63.2 Å². The number of tetrazole rings is 1.